The minimum Gasteiger partial charge on any atom is -0.369 e. The molecule has 0 aromatic heterocycles. The number of hydrogen-bond donors (Lipinski definition) is 1. The highest BCUT2D eigenvalue weighted by Crippen LogP contribution is 2.44. The maximum atomic E-state index is 14.0. The van der Waals surface area contributed by atoms with Gasteiger partial charge in [-0.05, 0) is 61.7 Å². The molecule has 3 aliphatic rings. The number of nitrogens with one attached hydrogen (secondary N) is 1. The van der Waals surface area contributed by atoms with Crippen LogP contribution in [0, 0.1) is 5.82 Å². The molecule has 5 rings (SSSR count). The van der Waals surface area contributed by atoms with E-state index in [0.717, 1.165) is 80.3 Å². The number of hydrogen-bond acceptors (Lipinski definition) is 4. The lowest BCUT2D eigenvalue weighted by Gasteiger charge is -2.41. The smallest absolute Gasteiger partial charge is 0.369 e. The summed E-state index contributed by atoms with van der Waals surface area (Å²) in [5, 5.41) is 3.52. The van der Waals surface area contributed by atoms with E-state index in [1.165, 1.54) is 0 Å². The number of aryl methyl sites for hydroxylation is 1. The van der Waals surface area contributed by atoms with Gasteiger partial charge < -0.3 is 15.1 Å². The van der Waals surface area contributed by atoms with Crippen molar-refractivity contribution in [1.29, 1.82) is 0 Å². The van der Waals surface area contributed by atoms with Crippen molar-refractivity contribution >= 4 is 17.1 Å². The van der Waals surface area contributed by atoms with Crippen molar-refractivity contribution in [2.45, 2.75) is 38.1 Å². The zero-order valence-electron chi connectivity index (χ0n) is 17.4. The van der Waals surface area contributed by atoms with Gasteiger partial charge in [-0.15, -0.1) is 0 Å². The molecule has 3 aliphatic heterocycles. The number of nitrogens with zero attached hydrogens (tertiary/aromatic N) is 3. The monoisotopic (exact) mass is 434 g/mol. The first-order chi connectivity index (χ1) is 14.8. The van der Waals surface area contributed by atoms with Crippen molar-refractivity contribution in [1.82, 2.24) is 4.90 Å². The topological polar surface area (TPSA) is 21.8 Å². The molecule has 0 amide bonds. The molecule has 0 spiro atoms. The summed E-state index contributed by atoms with van der Waals surface area (Å²) in [5.74, 6) is -0.193. The van der Waals surface area contributed by atoms with E-state index in [9.17, 15) is 17.6 Å². The molecule has 2 atom stereocenters. The van der Waals surface area contributed by atoms with Crippen LogP contribution in [0.3, 0.4) is 0 Å². The van der Waals surface area contributed by atoms with E-state index in [0.29, 0.717) is 6.04 Å². The lowest BCUT2D eigenvalue weighted by Crippen LogP contribution is -2.54. The molecule has 31 heavy (non-hydrogen) atoms. The van der Waals surface area contributed by atoms with E-state index in [2.05, 4.69) is 26.9 Å². The first-order valence-corrected chi connectivity index (χ1v) is 10.8. The van der Waals surface area contributed by atoms with Gasteiger partial charge in [0.1, 0.15) is 12.0 Å². The van der Waals surface area contributed by atoms with Crippen LogP contribution < -0.4 is 15.1 Å². The van der Waals surface area contributed by atoms with E-state index in [1.807, 2.05) is 0 Å². The van der Waals surface area contributed by atoms with Crippen molar-refractivity contribution < 1.29 is 17.6 Å². The fraction of sp³-hybridized carbons (Fsp3) is 0.478. The van der Waals surface area contributed by atoms with Gasteiger partial charge in [0.05, 0.1) is 16.9 Å². The Bertz CT molecular complexity index is 951. The molecule has 0 aliphatic carbocycles. The number of benzene rings is 2. The van der Waals surface area contributed by atoms with Crippen molar-refractivity contribution in [3.8, 4) is 0 Å². The second-order valence-electron chi connectivity index (χ2n) is 8.75. The molecule has 0 radical (unpaired) electrons. The summed E-state index contributed by atoms with van der Waals surface area (Å²) in [6.07, 6.45) is -2.30. The Morgan fingerprint density at radius 2 is 1.74 bits per heavy atom. The maximum absolute atomic E-state index is 14.0. The molecule has 0 saturated carbocycles. The lowest BCUT2D eigenvalue weighted by molar-refractivity contribution is -0.137. The van der Waals surface area contributed by atoms with E-state index in [4.69, 9.17) is 0 Å². The van der Waals surface area contributed by atoms with Gasteiger partial charge >= 0.3 is 6.18 Å². The number of rotatable bonds is 3. The highest BCUT2D eigenvalue weighted by atomic mass is 19.4. The fourth-order valence-electron chi connectivity index (χ4n) is 5.13. The summed E-state index contributed by atoms with van der Waals surface area (Å²) < 4.78 is 52.4. The third kappa shape index (κ3) is 3.82. The van der Waals surface area contributed by atoms with Crippen LogP contribution in [0.4, 0.5) is 34.6 Å². The summed E-state index contributed by atoms with van der Waals surface area (Å²) in [6.45, 7) is 6.23. The minimum absolute atomic E-state index is 0.100. The van der Waals surface area contributed by atoms with Gasteiger partial charge in [0, 0.05) is 44.5 Å². The first kappa shape index (κ1) is 20.4. The van der Waals surface area contributed by atoms with Crippen LogP contribution in [-0.2, 0) is 12.6 Å². The molecule has 2 aromatic rings. The molecule has 2 aromatic carbocycles. The Morgan fingerprint density at radius 3 is 2.42 bits per heavy atom. The molecule has 1 fully saturated rings. The van der Waals surface area contributed by atoms with Crippen LogP contribution in [0.5, 0.6) is 0 Å². The van der Waals surface area contributed by atoms with Gasteiger partial charge in [0.15, 0.2) is 0 Å². The van der Waals surface area contributed by atoms with E-state index in [1.54, 1.807) is 24.3 Å². The Hall–Kier alpha value is -2.48. The van der Waals surface area contributed by atoms with Crippen molar-refractivity contribution in [3.63, 3.8) is 0 Å². The summed E-state index contributed by atoms with van der Waals surface area (Å²) in [4.78, 5) is 6.90. The highest BCUT2D eigenvalue weighted by molar-refractivity contribution is 5.80. The van der Waals surface area contributed by atoms with Gasteiger partial charge in [-0.25, -0.2) is 4.39 Å². The van der Waals surface area contributed by atoms with E-state index in [-0.39, 0.29) is 12.0 Å². The zero-order valence-corrected chi connectivity index (χ0v) is 17.4. The van der Waals surface area contributed by atoms with Crippen LogP contribution in [0.2, 0.25) is 0 Å². The van der Waals surface area contributed by atoms with E-state index >= 15 is 0 Å². The molecular weight excluding hydrogens is 408 g/mol. The minimum atomic E-state index is -4.31. The number of alkyl halides is 3. The molecule has 166 valence electrons. The molecule has 1 N–H and O–H groups in total. The largest absolute Gasteiger partial charge is 0.416 e. The average molecular weight is 434 g/mol. The summed E-state index contributed by atoms with van der Waals surface area (Å²) in [5.41, 5.74) is 3.32. The second-order valence-corrected chi connectivity index (χ2v) is 8.75. The van der Waals surface area contributed by atoms with Crippen molar-refractivity contribution in [2.75, 3.05) is 47.8 Å². The molecule has 1 unspecified atom stereocenters. The van der Waals surface area contributed by atoms with Gasteiger partial charge in [-0.2, -0.15) is 13.2 Å². The van der Waals surface area contributed by atoms with Crippen molar-refractivity contribution in [3.05, 3.63) is 53.3 Å². The normalized spacial score (nSPS) is 23.6. The lowest BCUT2D eigenvalue weighted by atomic mass is 9.96. The number of piperazine rings is 1. The van der Waals surface area contributed by atoms with Crippen LogP contribution >= 0.6 is 0 Å². The molecule has 1 saturated heterocycles. The average Bonchev–Trinajstić information content (AvgIpc) is 3.09. The van der Waals surface area contributed by atoms with Crippen LogP contribution in [-0.4, -0.2) is 49.8 Å². The Morgan fingerprint density at radius 1 is 1.03 bits per heavy atom. The SMILES string of the molecule is C[C@H]1CCc2cc(F)cc3c2N1C(CN1CCN(c2ccc(C(F)(F)F)cc2)CC1)N3. The second kappa shape index (κ2) is 7.58. The zero-order chi connectivity index (χ0) is 21.8. The quantitative estimate of drug-likeness (QED) is 0.715. The van der Waals surface area contributed by atoms with Crippen LogP contribution in [0.15, 0.2) is 36.4 Å². The summed E-state index contributed by atoms with van der Waals surface area (Å²) in [7, 11) is 0. The standard InChI is InChI=1S/C23H26F4N4/c1-15-2-3-16-12-18(24)13-20-22(16)31(15)21(28-20)14-29-8-10-30(11-9-29)19-6-4-17(5-7-19)23(25,26)27/h4-7,12-13,15,21,28H,2-3,8-11,14H2,1H3/t15-,21?/m0/s1. The predicted octanol–water partition coefficient (Wildman–Crippen LogP) is 4.56. The fourth-order valence-corrected chi connectivity index (χ4v) is 5.13. The Labute approximate surface area is 179 Å². The number of halogens is 4. The van der Waals surface area contributed by atoms with Gasteiger partial charge in [0.25, 0.3) is 0 Å². The molecule has 0 bridgehead atoms. The Kier molecular flexibility index (Phi) is 5.00. The van der Waals surface area contributed by atoms with Crippen molar-refractivity contribution in [2.24, 2.45) is 0 Å². The summed E-state index contributed by atoms with van der Waals surface area (Å²) in [6, 6.07) is 9.05. The third-order valence-corrected chi connectivity index (χ3v) is 6.74. The highest BCUT2D eigenvalue weighted by Gasteiger charge is 2.38. The van der Waals surface area contributed by atoms with Gasteiger partial charge in [-0.1, -0.05) is 0 Å². The molecular formula is C23H26F4N4. The molecule has 4 nitrogen and oxygen atoms in total. The van der Waals surface area contributed by atoms with Crippen LogP contribution in [0.25, 0.3) is 0 Å². The van der Waals surface area contributed by atoms with Gasteiger partial charge in [0.2, 0.25) is 0 Å². The van der Waals surface area contributed by atoms with Gasteiger partial charge in [-0.3, -0.25) is 4.90 Å². The van der Waals surface area contributed by atoms with Crippen LogP contribution in [0.1, 0.15) is 24.5 Å². The molecule has 3 heterocycles. The predicted molar refractivity (Wildman–Crippen MR) is 114 cm³/mol. The van der Waals surface area contributed by atoms with E-state index < -0.39 is 11.7 Å². The number of anilines is 3. The molecule has 8 heteroatoms. The summed E-state index contributed by atoms with van der Waals surface area (Å²) >= 11 is 0. The Balaban J connectivity index is 1.23. The third-order valence-electron chi connectivity index (χ3n) is 6.74. The first-order valence-electron chi connectivity index (χ1n) is 10.8. The maximum Gasteiger partial charge on any atom is 0.416 e.